The van der Waals surface area contributed by atoms with Crippen molar-refractivity contribution in [3.05, 3.63) is 23.4 Å². The minimum Gasteiger partial charge on any atom is -0.506 e. The number of aromatic nitrogens is 1. The molecule has 0 aliphatic heterocycles. The number of benzene rings is 1. The summed E-state index contributed by atoms with van der Waals surface area (Å²) in [5.74, 6) is -0.675. The summed E-state index contributed by atoms with van der Waals surface area (Å²) in [6.07, 6.45) is -0.744. The number of hydrogen-bond acceptors (Lipinski definition) is 9. The monoisotopic (exact) mass is 388 g/mol. The van der Waals surface area contributed by atoms with Gasteiger partial charge in [-0.1, -0.05) is 0 Å². The zero-order valence-electron chi connectivity index (χ0n) is 14.7. The number of rotatable bonds is 5. The Morgan fingerprint density at radius 2 is 2.07 bits per heavy atom. The first-order valence-electron chi connectivity index (χ1n) is 7.72. The average Bonchev–Trinajstić information content (AvgIpc) is 2.95. The average molecular weight is 388 g/mol. The Morgan fingerprint density at radius 1 is 1.33 bits per heavy atom. The molecule has 0 radical (unpaired) electrons. The van der Waals surface area contributed by atoms with E-state index in [0.29, 0.717) is 16.3 Å². The molecule has 140 valence electrons. The molecule has 2 amide bonds. The van der Waals surface area contributed by atoms with E-state index in [0.717, 1.165) is 11.5 Å². The van der Waals surface area contributed by atoms with Gasteiger partial charge in [-0.2, -0.15) is 9.64 Å². The summed E-state index contributed by atoms with van der Waals surface area (Å²) in [4.78, 5) is 23.0. The molecule has 1 aromatic heterocycles. The highest BCUT2D eigenvalue weighted by Gasteiger charge is 2.15. The lowest BCUT2D eigenvalue weighted by atomic mass is 10.2. The van der Waals surface area contributed by atoms with Gasteiger partial charge in [-0.05, 0) is 31.4 Å². The number of nitriles is 1. The molecule has 0 unspecified atom stereocenters. The zero-order valence-corrected chi connectivity index (χ0v) is 15.5. The first-order chi connectivity index (χ1) is 12.8. The number of nitrogens with zero attached hydrogens (tertiary/aromatic N) is 4. The molecule has 2 aromatic rings. The van der Waals surface area contributed by atoms with Gasteiger partial charge in [0.2, 0.25) is 5.91 Å². The van der Waals surface area contributed by atoms with Crippen LogP contribution >= 0.6 is 11.5 Å². The van der Waals surface area contributed by atoms with Crippen LogP contribution in [0.25, 0.3) is 0 Å². The summed E-state index contributed by atoms with van der Waals surface area (Å²) in [7, 11) is 0. The molecule has 1 aromatic carbocycles. The lowest BCUT2D eigenvalue weighted by Gasteiger charge is -2.11. The minimum atomic E-state index is -0.744. The number of phenolic OH excluding ortho intramolecular Hbond substituents is 1. The molecular formula is C16H16N6O4S. The molecule has 0 saturated heterocycles. The first-order valence-corrected chi connectivity index (χ1v) is 8.49. The second-order valence-electron chi connectivity index (χ2n) is 5.17. The van der Waals surface area contributed by atoms with Crippen LogP contribution in [0.5, 0.6) is 5.75 Å². The maximum atomic E-state index is 11.7. The molecule has 27 heavy (non-hydrogen) atoms. The van der Waals surface area contributed by atoms with Crippen molar-refractivity contribution in [2.75, 3.05) is 17.2 Å². The number of phenols is 1. The van der Waals surface area contributed by atoms with Crippen molar-refractivity contribution in [1.29, 1.82) is 5.26 Å². The largest absolute Gasteiger partial charge is 0.506 e. The van der Waals surface area contributed by atoms with E-state index in [1.807, 2.05) is 6.07 Å². The van der Waals surface area contributed by atoms with Crippen molar-refractivity contribution in [3.8, 4) is 11.8 Å². The lowest BCUT2D eigenvalue weighted by molar-refractivity contribution is -0.114. The normalized spacial score (nSPS) is 10.4. The van der Waals surface area contributed by atoms with Crippen LogP contribution in [0.2, 0.25) is 0 Å². The van der Waals surface area contributed by atoms with Crippen LogP contribution in [0.3, 0.4) is 0 Å². The third-order valence-electron chi connectivity index (χ3n) is 3.14. The van der Waals surface area contributed by atoms with Gasteiger partial charge in [0, 0.05) is 13.0 Å². The van der Waals surface area contributed by atoms with Gasteiger partial charge in [0.05, 0.1) is 23.7 Å². The number of carbonyl (C=O) groups is 2. The Balaban J connectivity index is 2.46. The summed E-state index contributed by atoms with van der Waals surface area (Å²) in [6, 6.07) is 4.54. The number of aromatic hydroxyl groups is 1. The fourth-order valence-corrected chi connectivity index (χ4v) is 2.66. The number of anilines is 2. The van der Waals surface area contributed by atoms with Crippen molar-refractivity contribution < 1.29 is 19.4 Å². The first kappa shape index (κ1) is 19.8. The topological polar surface area (TPSA) is 149 Å². The predicted octanol–water partition coefficient (Wildman–Crippen LogP) is 3.97. The fraction of sp³-hybridized carbons (Fsp3) is 0.250. The number of nitrogens with one attached hydrogen (secondary N) is 2. The van der Waals surface area contributed by atoms with Crippen molar-refractivity contribution in [2.24, 2.45) is 10.2 Å². The molecule has 0 fully saturated rings. The number of azo groups is 1. The Kier molecular flexibility index (Phi) is 6.40. The zero-order chi connectivity index (χ0) is 20.0. The summed E-state index contributed by atoms with van der Waals surface area (Å²) in [5.41, 5.74) is 1.17. The van der Waals surface area contributed by atoms with Gasteiger partial charge in [-0.3, -0.25) is 10.1 Å². The summed E-state index contributed by atoms with van der Waals surface area (Å²) < 4.78 is 8.86. The number of aryl methyl sites for hydroxylation is 1. The molecule has 3 N–H and O–H groups in total. The van der Waals surface area contributed by atoms with Gasteiger partial charge >= 0.3 is 6.09 Å². The van der Waals surface area contributed by atoms with E-state index >= 15 is 0 Å². The van der Waals surface area contributed by atoms with E-state index in [-0.39, 0.29) is 29.4 Å². The molecule has 11 heteroatoms. The van der Waals surface area contributed by atoms with E-state index < -0.39 is 12.0 Å². The van der Waals surface area contributed by atoms with Gasteiger partial charge in [-0.25, -0.2) is 4.79 Å². The molecule has 1 heterocycles. The van der Waals surface area contributed by atoms with Gasteiger partial charge < -0.3 is 15.2 Å². The standard InChI is InChI=1S/C16H16N6O4S/c1-4-26-16(25)19-11-6-14(24)13(18-9(3)23)5-12(11)20-21-15-10(7-17)8(2)22-27-15/h5-6,24H,4H2,1-3H3,(H,18,23)(H,19,25). The van der Waals surface area contributed by atoms with Crippen molar-refractivity contribution in [1.82, 2.24) is 4.37 Å². The van der Waals surface area contributed by atoms with E-state index in [9.17, 15) is 14.7 Å². The molecule has 0 saturated carbocycles. The van der Waals surface area contributed by atoms with Crippen molar-refractivity contribution in [2.45, 2.75) is 20.8 Å². The van der Waals surface area contributed by atoms with Gasteiger partial charge in [0.15, 0.2) is 5.00 Å². The molecule has 0 atom stereocenters. The molecule has 10 nitrogen and oxygen atoms in total. The van der Waals surface area contributed by atoms with Gasteiger partial charge in [0.1, 0.15) is 23.1 Å². The highest BCUT2D eigenvalue weighted by Crippen LogP contribution is 2.38. The maximum Gasteiger partial charge on any atom is 0.411 e. The number of hydrogen-bond donors (Lipinski definition) is 3. The van der Waals surface area contributed by atoms with E-state index in [4.69, 9.17) is 10.00 Å². The van der Waals surface area contributed by atoms with Crippen molar-refractivity contribution in [3.63, 3.8) is 0 Å². The van der Waals surface area contributed by atoms with Crippen LogP contribution in [0, 0.1) is 18.3 Å². The van der Waals surface area contributed by atoms with Gasteiger partial charge in [-0.15, -0.1) is 10.2 Å². The lowest BCUT2D eigenvalue weighted by Crippen LogP contribution is -2.13. The molecular weight excluding hydrogens is 372 g/mol. The Bertz CT molecular complexity index is 947. The summed E-state index contributed by atoms with van der Waals surface area (Å²) >= 11 is 1.00. The van der Waals surface area contributed by atoms with E-state index in [1.165, 1.54) is 19.1 Å². The van der Waals surface area contributed by atoms with Crippen molar-refractivity contribution >= 4 is 45.6 Å². The van der Waals surface area contributed by atoms with Gasteiger partial charge in [0.25, 0.3) is 0 Å². The molecule has 0 aliphatic rings. The Hall–Kier alpha value is -3.52. The van der Waals surface area contributed by atoms with Crippen LogP contribution in [-0.4, -0.2) is 28.1 Å². The highest BCUT2D eigenvalue weighted by atomic mass is 32.1. The molecule has 0 bridgehead atoms. The number of amides is 2. The third kappa shape index (κ3) is 4.99. The highest BCUT2D eigenvalue weighted by molar-refractivity contribution is 7.10. The quantitative estimate of drug-likeness (QED) is 0.521. The van der Waals surface area contributed by atoms with E-state index in [1.54, 1.807) is 13.8 Å². The third-order valence-corrected chi connectivity index (χ3v) is 3.97. The van der Waals surface area contributed by atoms with E-state index in [2.05, 4.69) is 25.2 Å². The second-order valence-corrected chi connectivity index (χ2v) is 5.92. The summed E-state index contributed by atoms with van der Waals surface area (Å²) in [5, 5.41) is 32.4. The smallest absolute Gasteiger partial charge is 0.411 e. The predicted molar refractivity (Wildman–Crippen MR) is 98.8 cm³/mol. The molecule has 0 spiro atoms. The SMILES string of the molecule is CCOC(=O)Nc1cc(O)c(NC(C)=O)cc1N=Nc1snc(C)c1C#N. The van der Waals surface area contributed by atoms with Crippen LogP contribution < -0.4 is 10.6 Å². The van der Waals surface area contributed by atoms with Crippen LogP contribution in [0.15, 0.2) is 22.4 Å². The number of carbonyl (C=O) groups excluding carboxylic acids is 2. The number of ether oxygens (including phenoxy) is 1. The Morgan fingerprint density at radius 3 is 2.70 bits per heavy atom. The summed E-state index contributed by atoms with van der Waals surface area (Å²) in [6.45, 7) is 4.76. The van der Waals surface area contributed by atoms with Crippen LogP contribution in [0.1, 0.15) is 25.1 Å². The Labute approximate surface area is 158 Å². The van der Waals surface area contributed by atoms with Crippen LogP contribution in [0.4, 0.5) is 26.9 Å². The second kappa shape index (κ2) is 8.72. The molecule has 0 aliphatic carbocycles. The minimum absolute atomic E-state index is 0.0897. The fourth-order valence-electron chi connectivity index (χ4n) is 1.98. The molecule has 2 rings (SSSR count). The van der Waals surface area contributed by atoms with Crippen LogP contribution in [-0.2, 0) is 9.53 Å². The maximum absolute atomic E-state index is 11.7.